The molecule has 0 aromatic heterocycles. The lowest BCUT2D eigenvalue weighted by Gasteiger charge is -2.16. The highest BCUT2D eigenvalue weighted by atomic mass is 35.5. The first-order valence-electron chi connectivity index (χ1n) is 5.27. The van der Waals surface area contributed by atoms with Gasteiger partial charge < -0.3 is 11.1 Å². The summed E-state index contributed by atoms with van der Waals surface area (Å²) in [6.45, 7) is 3.88. The normalized spacial score (nSPS) is 11.9. The zero-order chi connectivity index (χ0) is 13.0. The van der Waals surface area contributed by atoms with Gasteiger partial charge in [-0.25, -0.2) is 0 Å². The Labute approximate surface area is 106 Å². The molecule has 0 fully saturated rings. The third kappa shape index (κ3) is 3.69. The van der Waals surface area contributed by atoms with Crippen LogP contribution in [0.3, 0.4) is 0 Å². The Kier molecular flexibility index (Phi) is 4.42. The number of halogens is 1. The van der Waals surface area contributed by atoms with Gasteiger partial charge >= 0.3 is 0 Å². The molecule has 17 heavy (non-hydrogen) atoms. The summed E-state index contributed by atoms with van der Waals surface area (Å²) in [4.78, 5) is 11.9. The van der Waals surface area contributed by atoms with Crippen molar-refractivity contribution < 1.29 is 4.79 Å². The maximum atomic E-state index is 11.9. The van der Waals surface area contributed by atoms with Crippen LogP contribution >= 0.6 is 11.6 Å². The number of carbonyl (C=O) groups is 1. The summed E-state index contributed by atoms with van der Waals surface area (Å²) in [5.41, 5.74) is 6.48. The van der Waals surface area contributed by atoms with Crippen molar-refractivity contribution in [3.05, 3.63) is 28.8 Å². The van der Waals surface area contributed by atoms with Crippen molar-refractivity contribution in [2.75, 3.05) is 5.73 Å². The van der Waals surface area contributed by atoms with Gasteiger partial charge in [-0.3, -0.25) is 4.79 Å². The quantitative estimate of drug-likeness (QED) is 0.639. The largest absolute Gasteiger partial charge is 0.399 e. The first-order valence-corrected chi connectivity index (χ1v) is 5.65. The van der Waals surface area contributed by atoms with Crippen LogP contribution in [-0.4, -0.2) is 11.9 Å². The lowest BCUT2D eigenvalue weighted by Crippen LogP contribution is -2.37. The molecule has 1 amide bonds. The van der Waals surface area contributed by atoms with Gasteiger partial charge in [0.05, 0.1) is 6.04 Å². The fraction of sp³-hybridized carbons (Fsp3) is 0.308. The van der Waals surface area contributed by atoms with Crippen molar-refractivity contribution in [2.45, 2.75) is 19.9 Å². The Morgan fingerprint density at radius 2 is 2.12 bits per heavy atom. The van der Waals surface area contributed by atoms with E-state index in [1.54, 1.807) is 18.2 Å². The Balaban J connectivity index is 2.87. The second kappa shape index (κ2) is 5.60. The molecule has 0 aliphatic heterocycles. The summed E-state index contributed by atoms with van der Waals surface area (Å²) in [6, 6.07) is 4.40. The van der Waals surface area contributed by atoms with E-state index in [1.165, 1.54) is 0 Å². The highest BCUT2D eigenvalue weighted by Gasteiger charge is 2.15. The number of carbonyl (C=O) groups excluding carboxylic acids is 1. The van der Waals surface area contributed by atoms with Crippen LogP contribution in [0.25, 0.3) is 0 Å². The lowest BCUT2D eigenvalue weighted by atomic mass is 10.0. The van der Waals surface area contributed by atoms with Gasteiger partial charge in [-0.05, 0) is 24.1 Å². The second-order valence-corrected chi connectivity index (χ2v) is 4.57. The van der Waals surface area contributed by atoms with Gasteiger partial charge in [0.1, 0.15) is 0 Å². The van der Waals surface area contributed by atoms with Crippen LogP contribution in [0.4, 0.5) is 5.69 Å². The van der Waals surface area contributed by atoms with Gasteiger partial charge in [-0.1, -0.05) is 31.4 Å². The summed E-state index contributed by atoms with van der Waals surface area (Å²) < 4.78 is 0. The molecular weight excluding hydrogens is 236 g/mol. The summed E-state index contributed by atoms with van der Waals surface area (Å²) in [5, 5.41) is 3.18. The first kappa shape index (κ1) is 13.4. The highest BCUT2D eigenvalue weighted by Crippen LogP contribution is 2.16. The predicted molar refractivity (Wildman–Crippen MR) is 70.8 cm³/mol. The van der Waals surface area contributed by atoms with E-state index in [4.69, 9.17) is 23.8 Å². The van der Waals surface area contributed by atoms with Crippen LogP contribution in [-0.2, 0) is 0 Å². The minimum atomic E-state index is -0.303. The molecule has 1 rings (SSSR count). The maximum Gasteiger partial charge on any atom is 0.252 e. The van der Waals surface area contributed by atoms with Crippen LogP contribution in [0.2, 0.25) is 5.02 Å². The molecular formula is C13H15ClN2O. The van der Waals surface area contributed by atoms with Gasteiger partial charge in [0, 0.05) is 16.3 Å². The maximum absolute atomic E-state index is 11.9. The summed E-state index contributed by atoms with van der Waals surface area (Å²) in [6.07, 6.45) is 5.34. The summed E-state index contributed by atoms with van der Waals surface area (Å²) in [7, 11) is 0. The number of amides is 1. The van der Waals surface area contributed by atoms with E-state index in [-0.39, 0.29) is 17.9 Å². The van der Waals surface area contributed by atoms with E-state index in [0.29, 0.717) is 16.3 Å². The van der Waals surface area contributed by atoms with Crippen LogP contribution < -0.4 is 11.1 Å². The molecule has 3 nitrogen and oxygen atoms in total. The lowest BCUT2D eigenvalue weighted by molar-refractivity contribution is 0.0938. The molecule has 0 radical (unpaired) electrons. The van der Waals surface area contributed by atoms with Crippen molar-refractivity contribution >= 4 is 23.2 Å². The van der Waals surface area contributed by atoms with Crippen LogP contribution in [0, 0.1) is 18.3 Å². The molecule has 0 aliphatic rings. The minimum absolute atomic E-state index is 0.167. The van der Waals surface area contributed by atoms with Crippen LogP contribution in [0.15, 0.2) is 18.2 Å². The van der Waals surface area contributed by atoms with E-state index < -0.39 is 0 Å². The number of anilines is 1. The van der Waals surface area contributed by atoms with Gasteiger partial charge in [0.15, 0.2) is 0 Å². The molecule has 1 aromatic rings. The van der Waals surface area contributed by atoms with E-state index in [0.717, 1.165) is 0 Å². The first-order chi connectivity index (χ1) is 7.93. The number of hydrogen-bond acceptors (Lipinski definition) is 2. The number of nitrogens with one attached hydrogen (secondary N) is 1. The molecule has 1 atom stereocenters. The standard InChI is InChI=1S/C13H15ClN2O/c1-4-12(8(2)3)16-13(17)9-5-10(14)7-11(15)6-9/h1,5-8,12H,15H2,2-3H3,(H,16,17). The average Bonchev–Trinajstić information content (AvgIpc) is 2.23. The van der Waals surface area contributed by atoms with Gasteiger partial charge in [-0.2, -0.15) is 0 Å². The zero-order valence-electron chi connectivity index (χ0n) is 9.83. The Morgan fingerprint density at radius 3 is 2.59 bits per heavy atom. The number of rotatable bonds is 3. The van der Waals surface area contributed by atoms with Crippen molar-refractivity contribution in [2.24, 2.45) is 5.92 Å². The Bertz CT molecular complexity index is 443. The number of benzene rings is 1. The molecule has 0 saturated heterocycles. The van der Waals surface area contributed by atoms with E-state index in [9.17, 15) is 4.79 Å². The van der Waals surface area contributed by atoms with Gasteiger partial charge in [0.2, 0.25) is 0 Å². The smallest absolute Gasteiger partial charge is 0.252 e. The molecule has 4 heteroatoms. The number of hydrogen-bond donors (Lipinski definition) is 2. The fourth-order valence-electron chi connectivity index (χ4n) is 1.37. The van der Waals surface area contributed by atoms with Crippen molar-refractivity contribution in [1.82, 2.24) is 5.32 Å². The average molecular weight is 251 g/mol. The summed E-state index contributed by atoms with van der Waals surface area (Å²) in [5.74, 6) is 2.43. The molecule has 90 valence electrons. The van der Waals surface area contributed by atoms with Crippen LogP contribution in [0.5, 0.6) is 0 Å². The summed E-state index contributed by atoms with van der Waals surface area (Å²) >= 11 is 5.83. The zero-order valence-corrected chi connectivity index (χ0v) is 10.6. The van der Waals surface area contributed by atoms with E-state index >= 15 is 0 Å². The third-order valence-corrected chi connectivity index (χ3v) is 2.53. The van der Waals surface area contributed by atoms with Crippen molar-refractivity contribution in [1.29, 1.82) is 0 Å². The van der Waals surface area contributed by atoms with E-state index in [1.807, 2.05) is 13.8 Å². The molecule has 0 aliphatic carbocycles. The second-order valence-electron chi connectivity index (χ2n) is 4.14. The minimum Gasteiger partial charge on any atom is -0.399 e. The predicted octanol–water partition coefficient (Wildman–Crippen LogP) is 2.31. The highest BCUT2D eigenvalue weighted by molar-refractivity contribution is 6.31. The van der Waals surface area contributed by atoms with Gasteiger partial charge in [0.25, 0.3) is 5.91 Å². The fourth-order valence-corrected chi connectivity index (χ4v) is 1.61. The van der Waals surface area contributed by atoms with Gasteiger partial charge in [-0.15, -0.1) is 6.42 Å². The molecule has 0 heterocycles. The Morgan fingerprint density at radius 1 is 1.47 bits per heavy atom. The molecule has 0 spiro atoms. The topological polar surface area (TPSA) is 55.1 Å². The van der Waals surface area contributed by atoms with Crippen molar-refractivity contribution in [3.8, 4) is 12.3 Å². The van der Waals surface area contributed by atoms with Crippen LogP contribution in [0.1, 0.15) is 24.2 Å². The van der Waals surface area contributed by atoms with Crippen molar-refractivity contribution in [3.63, 3.8) is 0 Å². The molecule has 1 aromatic carbocycles. The monoisotopic (exact) mass is 250 g/mol. The SMILES string of the molecule is C#CC(NC(=O)c1cc(N)cc(Cl)c1)C(C)C. The molecule has 3 N–H and O–H groups in total. The molecule has 0 bridgehead atoms. The third-order valence-electron chi connectivity index (χ3n) is 2.32. The molecule has 0 saturated carbocycles. The number of terminal acetylenes is 1. The number of nitrogen functional groups attached to an aromatic ring is 1. The molecule has 1 unspecified atom stereocenters. The number of nitrogens with two attached hydrogens (primary N) is 1. The van der Waals surface area contributed by atoms with E-state index in [2.05, 4.69) is 11.2 Å². The Hall–Kier alpha value is -1.66.